The van der Waals surface area contributed by atoms with Gasteiger partial charge < -0.3 is 20.7 Å². The van der Waals surface area contributed by atoms with E-state index in [1.54, 1.807) is 7.05 Å². The van der Waals surface area contributed by atoms with Crippen LogP contribution in [0.3, 0.4) is 0 Å². The Hall–Kier alpha value is -0.730. The monoisotopic (exact) mass is 442 g/mol. The van der Waals surface area contributed by atoms with Crippen molar-refractivity contribution in [3.05, 3.63) is 0 Å². The summed E-state index contributed by atoms with van der Waals surface area (Å²) in [5.41, 5.74) is -0.944. The highest BCUT2D eigenvalue weighted by Crippen LogP contribution is 2.09. The van der Waals surface area contributed by atoms with Gasteiger partial charge in [-0.25, -0.2) is 4.79 Å². The maximum Gasteiger partial charge on any atom is 0.408 e. The second-order valence-corrected chi connectivity index (χ2v) is 7.55. The lowest BCUT2D eigenvalue weighted by atomic mass is 10.1. The van der Waals surface area contributed by atoms with Crippen LogP contribution in [0, 0.1) is 5.92 Å². The van der Waals surface area contributed by atoms with Crippen molar-refractivity contribution in [1.29, 1.82) is 0 Å². The van der Waals surface area contributed by atoms with Crippen molar-refractivity contribution in [3.8, 4) is 0 Å². The molecular formula is C16H35IN4O2. The van der Waals surface area contributed by atoms with Crippen molar-refractivity contribution in [2.75, 3.05) is 20.1 Å². The first-order chi connectivity index (χ1) is 9.95. The summed E-state index contributed by atoms with van der Waals surface area (Å²) in [6.45, 7) is 15.2. The average molecular weight is 442 g/mol. The highest BCUT2D eigenvalue weighted by Gasteiger charge is 2.24. The van der Waals surface area contributed by atoms with Crippen LogP contribution < -0.4 is 16.0 Å². The molecular weight excluding hydrogens is 407 g/mol. The van der Waals surface area contributed by atoms with Crippen LogP contribution in [-0.2, 0) is 4.74 Å². The third-order valence-electron chi connectivity index (χ3n) is 2.77. The maximum atomic E-state index is 11.8. The number of halogens is 1. The van der Waals surface area contributed by atoms with Gasteiger partial charge in [0.25, 0.3) is 0 Å². The number of carbonyl (C=O) groups is 1. The summed E-state index contributed by atoms with van der Waals surface area (Å²) in [7, 11) is 1.74. The minimum atomic E-state index is -0.498. The Balaban J connectivity index is 0. The van der Waals surface area contributed by atoms with Gasteiger partial charge in [-0.2, -0.15) is 0 Å². The fourth-order valence-corrected chi connectivity index (χ4v) is 1.63. The van der Waals surface area contributed by atoms with Crippen LogP contribution in [0.25, 0.3) is 0 Å². The molecule has 0 aromatic heterocycles. The van der Waals surface area contributed by atoms with Crippen LogP contribution in [0.4, 0.5) is 4.79 Å². The molecule has 138 valence electrons. The minimum Gasteiger partial charge on any atom is -0.444 e. The second kappa shape index (κ2) is 10.9. The van der Waals surface area contributed by atoms with Crippen LogP contribution in [0.15, 0.2) is 4.99 Å². The van der Waals surface area contributed by atoms with Gasteiger partial charge >= 0.3 is 6.09 Å². The minimum absolute atomic E-state index is 0. The third-order valence-corrected chi connectivity index (χ3v) is 2.77. The van der Waals surface area contributed by atoms with Crippen molar-refractivity contribution in [2.45, 2.75) is 66.0 Å². The van der Waals surface area contributed by atoms with Gasteiger partial charge in [-0.1, -0.05) is 13.8 Å². The number of hydrogen-bond donors (Lipinski definition) is 3. The van der Waals surface area contributed by atoms with Crippen LogP contribution in [0.1, 0.15) is 54.9 Å². The lowest BCUT2D eigenvalue weighted by Gasteiger charge is -2.29. The zero-order valence-corrected chi connectivity index (χ0v) is 18.2. The Morgan fingerprint density at radius 1 is 1.13 bits per heavy atom. The Kier molecular flexibility index (Phi) is 11.7. The third kappa shape index (κ3) is 14.6. The molecule has 0 aliphatic heterocycles. The lowest BCUT2D eigenvalue weighted by molar-refractivity contribution is 0.0474. The van der Waals surface area contributed by atoms with E-state index in [0.717, 1.165) is 18.9 Å². The van der Waals surface area contributed by atoms with E-state index in [2.05, 4.69) is 34.8 Å². The van der Waals surface area contributed by atoms with Crippen molar-refractivity contribution in [2.24, 2.45) is 10.9 Å². The van der Waals surface area contributed by atoms with Gasteiger partial charge in [0, 0.05) is 20.1 Å². The zero-order valence-electron chi connectivity index (χ0n) is 15.9. The molecule has 3 N–H and O–H groups in total. The smallest absolute Gasteiger partial charge is 0.408 e. The maximum absolute atomic E-state index is 11.8. The van der Waals surface area contributed by atoms with Crippen LogP contribution >= 0.6 is 24.0 Å². The molecule has 0 aliphatic rings. The molecule has 0 unspecified atom stereocenters. The van der Waals surface area contributed by atoms with Crippen LogP contribution in [-0.4, -0.2) is 43.3 Å². The number of nitrogens with one attached hydrogen (secondary N) is 3. The molecule has 0 rings (SSSR count). The quantitative estimate of drug-likeness (QED) is 0.336. The lowest BCUT2D eigenvalue weighted by Crippen LogP contribution is -2.54. The van der Waals surface area contributed by atoms with Crippen molar-refractivity contribution >= 4 is 36.0 Å². The normalized spacial score (nSPS) is 12.5. The number of ether oxygens (including phenoxy) is 1. The molecule has 0 saturated heterocycles. The van der Waals surface area contributed by atoms with E-state index >= 15 is 0 Å². The predicted molar refractivity (Wildman–Crippen MR) is 108 cm³/mol. The molecule has 0 spiro atoms. The molecule has 6 nitrogen and oxygen atoms in total. The molecule has 0 radical (unpaired) electrons. The standard InChI is InChI=1S/C16H34N4O2.HI/c1-12(2)9-10-18-13(17-8)19-11-16(6,7)20-14(21)22-15(3,4)5;/h12H,9-11H2,1-8H3,(H,20,21)(H2,17,18,19);1H. The largest absolute Gasteiger partial charge is 0.444 e. The van der Waals surface area contributed by atoms with E-state index in [9.17, 15) is 4.79 Å². The number of carbonyl (C=O) groups excluding carboxylic acids is 1. The molecule has 1 amide bonds. The van der Waals surface area contributed by atoms with E-state index < -0.39 is 17.2 Å². The summed E-state index contributed by atoms with van der Waals surface area (Å²) in [6.07, 6.45) is 0.669. The topological polar surface area (TPSA) is 74.8 Å². The van der Waals surface area contributed by atoms with E-state index in [1.807, 2.05) is 34.6 Å². The van der Waals surface area contributed by atoms with Crippen molar-refractivity contribution < 1.29 is 9.53 Å². The highest BCUT2D eigenvalue weighted by molar-refractivity contribution is 14.0. The highest BCUT2D eigenvalue weighted by atomic mass is 127. The summed E-state index contributed by atoms with van der Waals surface area (Å²) < 4.78 is 5.27. The van der Waals surface area contributed by atoms with E-state index in [0.29, 0.717) is 12.5 Å². The number of aliphatic imine (C=N–C) groups is 1. The Morgan fingerprint density at radius 2 is 1.70 bits per heavy atom. The number of guanidine groups is 1. The zero-order chi connectivity index (χ0) is 17.4. The molecule has 0 saturated carbocycles. The Morgan fingerprint density at radius 3 is 2.13 bits per heavy atom. The van der Waals surface area contributed by atoms with E-state index in [1.165, 1.54) is 0 Å². The molecule has 0 fully saturated rings. The molecule has 0 aromatic rings. The van der Waals surface area contributed by atoms with E-state index in [-0.39, 0.29) is 24.0 Å². The fourth-order valence-electron chi connectivity index (χ4n) is 1.63. The molecule has 0 heterocycles. The molecule has 0 atom stereocenters. The first-order valence-corrected chi connectivity index (χ1v) is 7.91. The molecule has 0 bridgehead atoms. The second-order valence-electron chi connectivity index (χ2n) is 7.55. The van der Waals surface area contributed by atoms with E-state index in [4.69, 9.17) is 4.74 Å². The summed E-state index contributed by atoms with van der Waals surface area (Å²) in [5.74, 6) is 1.38. The number of nitrogens with zero attached hydrogens (tertiary/aromatic N) is 1. The summed E-state index contributed by atoms with van der Waals surface area (Å²) in [6, 6.07) is 0. The Labute approximate surface area is 158 Å². The van der Waals surface area contributed by atoms with Crippen LogP contribution in [0.2, 0.25) is 0 Å². The van der Waals surface area contributed by atoms with Crippen molar-refractivity contribution in [3.63, 3.8) is 0 Å². The fraction of sp³-hybridized carbons (Fsp3) is 0.875. The summed E-state index contributed by atoms with van der Waals surface area (Å²) in [4.78, 5) is 16.0. The predicted octanol–water partition coefficient (Wildman–Crippen LogP) is 3.12. The van der Waals surface area contributed by atoms with Gasteiger partial charge in [0.2, 0.25) is 0 Å². The molecule has 7 heteroatoms. The number of hydrogen-bond acceptors (Lipinski definition) is 3. The summed E-state index contributed by atoms with van der Waals surface area (Å²) in [5, 5.41) is 9.34. The van der Waals surface area contributed by atoms with Gasteiger partial charge in [-0.05, 0) is 47.0 Å². The van der Waals surface area contributed by atoms with Gasteiger partial charge in [0.1, 0.15) is 5.60 Å². The number of amides is 1. The van der Waals surface area contributed by atoms with Gasteiger partial charge in [0.05, 0.1) is 5.54 Å². The first-order valence-electron chi connectivity index (χ1n) is 7.91. The van der Waals surface area contributed by atoms with Gasteiger partial charge in [0.15, 0.2) is 5.96 Å². The first kappa shape index (κ1) is 24.5. The summed E-state index contributed by atoms with van der Waals surface area (Å²) >= 11 is 0. The van der Waals surface area contributed by atoms with Gasteiger partial charge in [-0.3, -0.25) is 4.99 Å². The SMILES string of the molecule is CN=C(NCCC(C)C)NCC(C)(C)NC(=O)OC(C)(C)C.I. The molecule has 0 aliphatic carbocycles. The Bertz CT molecular complexity index is 377. The molecule has 23 heavy (non-hydrogen) atoms. The number of alkyl carbamates (subject to hydrolysis) is 1. The molecule has 0 aromatic carbocycles. The van der Waals surface area contributed by atoms with Crippen molar-refractivity contribution in [1.82, 2.24) is 16.0 Å². The number of rotatable bonds is 6. The van der Waals surface area contributed by atoms with Crippen LogP contribution in [0.5, 0.6) is 0 Å². The average Bonchev–Trinajstić information content (AvgIpc) is 2.29. The van der Waals surface area contributed by atoms with Gasteiger partial charge in [-0.15, -0.1) is 24.0 Å².